The first-order valence-corrected chi connectivity index (χ1v) is 20.7. The minimum atomic E-state index is 0.175. The zero-order valence-corrected chi connectivity index (χ0v) is 34.2. The van der Waals surface area contributed by atoms with E-state index in [0.29, 0.717) is 43.8 Å². The van der Waals surface area contributed by atoms with Gasteiger partial charge < -0.3 is 9.13 Å². The highest BCUT2D eigenvalue weighted by Crippen LogP contribution is 2.41. The van der Waals surface area contributed by atoms with Crippen LogP contribution in [0.5, 0.6) is 0 Å². The first kappa shape index (κ1) is 38.9. The smallest absolute Gasteiger partial charge is 0.115 e. The van der Waals surface area contributed by atoms with Gasteiger partial charge in [0.05, 0.1) is 11.0 Å². The Hall–Kier alpha value is -6.97. The molecule has 2 aromatic heterocycles. The SMILES string of the molecule is [B]c1c([B])c([B])c2c(c1[B])c1c([B])c(-c3ccc4c(c3)c3c(-c5cccc(-c6ccccc6)c5)cccc3n4-c3ccccc3)c([B])c([B])c1n2-c1ccc(-c2ccccc2)cc1. The van der Waals surface area contributed by atoms with Gasteiger partial charge in [-0.2, -0.15) is 0 Å². The van der Waals surface area contributed by atoms with Gasteiger partial charge in [-0.05, 0) is 98.4 Å². The number of rotatable bonds is 6. The normalized spacial score (nSPS) is 11.6. The molecule has 2 heterocycles. The molecule has 0 saturated carbocycles. The average Bonchev–Trinajstić information content (AvgIpc) is 3.87. The Bertz CT molecular complexity index is 3620. The van der Waals surface area contributed by atoms with Crippen molar-refractivity contribution in [2.24, 2.45) is 0 Å². The van der Waals surface area contributed by atoms with Gasteiger partial charge in [0, 0.05) is 38.6 Å². The van der Waals surface area contributed by atoms with Crippen molar-refractivity contribution in [3.05, 3.63) is 176 Å². The van der Waals surface area contributed by atoms with Gasteiger partial charge in [0.1, 0.15) is 54.9 Å². The molecule has 2 nitrogen and oxygen atoms in total. The molecule has 63 heavy (non-hydrogen) atoms. The molecular weight excluding hydrogens is 752 g/mol. The number of para-hydroxylation sites is 1. The van der Waals surface area contributed by atoms with Crippen LogP contribution < -0.4 is 38.2 Å². The molecular formula is C54H29B7N2. The Kier molecular flexibility index (Phi) is 9.35. The topological polar surface area (TPSA) is 9.86 Å². The fourth-order valence-corrected chi connectivity index (χ4v) is 9.51. The predicted octanol–water partition coefficient (Wildman–Crippen LogP) is 6.11. The van der Waals surface area contributed by atoms with Gasteiger partial charge in [-0.25, -0.2) is 0 Å². The van der Waals surface area contributed by atoms with Crippen LogP contribution in [0.15, 0.2) is 176 Å². The van der Waals surface area contributed by atoms with E-state index in [1.54, 1.807) is 0 Å². The molecule has 0 unspecified atom stereocenters. The lowest BCUT2D eigenvalue weighted by molar-refractivity contribution is 1.18. The number of fused-ring (bicyclic) bond motifs is 6. The number of hydrogen-bond acceptors (Lipinski definition) is 0. The second-order valence-electron chi connectivity index (χ2n) is 16.0. The van der Waals surface area contributed by atoms with Crippen LogP contribution >= 0.6 is 0 Å². The van der Waals surface area contributed by atoms with Crippen LogP contribution in [0.2, 0.25) is 0 Å². The van der Waals surface area contributed by atoms with Gasteiger partial charge in [-0.1, -0.05) is 155 Å². The summed E-state index contributed by atoms with van der Waals surface area (Å²) in [7, 11) is 48.7. The van der Waals surface area contributed by atoms with Crippen molar-refractivity contribution in [3.63, 3.8) is 0 Å². The zero-order valence-electron chi connectivity index (χ0n) is 34.2. The first-order chi connectivity index (χ1) is 30.7. The van der Waals surface area contributed by atoms with Crippen LogP contribution in [-0.4, -0.2) is 64.1 Å². The molecule has 11 rings (SSSR count). The molecule has 0 aliphatic carbocycles. The molecule has 9 aromatic carbocycles. The van der Waals surface area contributed by atoms with Crippen LogP contribution in [0, 0.1) is 0 Å². The molecule has 14 radical (unpaired) electrons. The molecule has 0 atom stereocenters. The summed E-state index contributed by atoms with van der Waals surface area (Å²) < 4.78 is 4.25. The standard InChI is InChI=1S/C54H29B7N2/c55-46-42(47(56)51(60)53-44(46)45-48(57)49(58)50(59)52(61)54(45)63(53)37-25-22-32(23-26-37)30-12-4-1-5-13-30)35-24-27-40-39(29-35)43-38(20-11-21-41(43)62(40)36-18-8-3-9-19-36)34-17-10-16-33(28-34)31-14-6-2-7-15-31/h1-29H. The minimum Gasteiger partial charge on any atom is -0.311 e. The predicted molar refractivity (Wildman–Crippen MR) is 275 cm³/mol. The molecule has 11 aromatic rings. The van der Waals surface area contributed by atoms with Crippen molar-refractivity contribution in [3.8, 4) is 55.9 Å². The van der Waals surface area contributed by atoms with Gasteiger partial charge in [0.2, 0.25) is 0 Å². The summed E-state index contributed by atoms with van der Waals surface area (Å²) in [6, 6.07) is 60.6. The molecule has 0 fully saturated rings. The summed E-state index contributed by atoms with van der Waals surface area (Å²) in [6.07, 6.45) is 0. The fraction of sp³-hybridized carbons (Fsp3) is 0. The van der Waals surface area contributed by atoms with E-state index in [0.717, 1.165) is 72.1 Å². The van der Waals surface area contributed by atoms with Gasteiger partial charge in [-0.3, -0.25) is 0 Å². The lowest BCUT2D eigenvalue weighted by Gasteiger charge is -2.19. The van der Waals surface area contributed by atoms with Crippen LogP contribution in [-0.2, 0) is 0 Å². The van der Waals surface area contributed by atoms with E-state index in [9.17, 15) is 0 Å². The van der Waals surface area contributed by atoms with E-state index in [1.807, 2.05) is 59.2 Å². The van der Waals surface area contributed by atoms with E-state index >= 15 is 0 Å². The molecule has 0 saturated heterocycles. The fourth-order valence-electron chi connectivity index (χ4n) is 9.51. The van der Waals surface area contributed by atoms with Crippen LogP contribution in [0.25, 0.3) is 99.5 Å². The van der Waals surface area contributed by atoms with Crippen molar-refractivity contribution in [2.45, 2.75) is 0 Å². The quantitative estimate of drug-likeness (QED) is 0.181. The molecule has 0 bridgehead atoms. The summed E-state index contributed by atoms with van der Waals surface area (Å²) in [4.78, 5) is 0. The highest BCUT2D eigenvalue weighted by atomic mass is 15.0. The lowest BCUT2D eigenvalue weighted by Crippen LogP contribution is -2.48. The Balaban J connectivity index is 1.19. The summed E-state index contributed by atoms with van der Waals surface area (Å²) in [5.74, 6) is 0. The molecule has 276 valence electrons. The second-order valence-corrected chi connectivity index (χ2v) is 16.0. The summed E-state index contributed by atoms with van der Waals surface area (Å²) >= 11 is 0. The van der Waals surface area contributed by atoms with Crippen LogP contribution in [0.3, 0.4) is 0 Å². The van der Waals surface area contributed by atoms with E-state index < -0.39 is 0 Å². The summed E-state index contributed by atoms with van der Waals surface area (Å²) in [5.41, 5.74) is 14.9. The van der Waals surface area contributed by atoms with Crippen molar-refractivity contribution < 1.29 is 0 Å². The third kappa shape index (κ3) is 6.04. The molecule has 0 N–H and O–H groups in total. The van der Waals surface area contributed by atoms with Crippen molar-refractivity contribution in [1.82, 2.24) is 9.13 Å². The molecule has 0 aliphatic heterocycles. The Morgan fingerprint density at radius 3 is 1.48 bits per heavy atom. The second kappa shape index (κ2) is 15.1. The number of nitrogens with zero attached hydrogens (tertiary/aromatic N) is 2. The molecule has 0 spiro atoms. The van der Waals surface area contributed by atoms with Crippen molar-refractivity contribution in [2.75, 3.05) is 0 Å². The third-order valence-corrected chi connectivity index (χ3v) is 12.5. The zero-order chi connectivity index (χ0) is 43.1. The van der Waals surface area contributed by atoms with E-state index in [-0.39, 0.29) is 21.9 Å². The lowest BCUT2D eigenvalue weighted by atomic mass is 9.64. The van der Waals surface area contributed by atoms with E-state index in [2.05, 4.69) is 126 Å². The monoisotopic (exact) mass is 782 g/mol. The maximum atomic E-state index is 7.41. The Labute approximate surface area is 375 Å². The number of benzene rings is 9. The average molecular weight is 782 g/mol. The number of aromatic nitrogens is 2. The molecule has 0 amide bonds. The van der Waals surface area contributed by atoms with Crippen molar-refractivity contribution >= 4 is 137 Å². The molecule has 9 heteroatoms. The maximum absolute atomic E-state index is 7.41. The van der Waals surface area contributed by atoms with Gasteiger partial charge >= 0.3 is 0 Å². The van der Waals surface area contributed by atoms with Gasteiger partial charge in [-0.15, -0.1) is 10.9 Å². The Morgan fingerprint density at radius 1 is 0.286 bits per heavy atom. The minimum absolute atomic E-state index is 0.175. The molecule has 0 aliphatic rings. The maximum Gasteiger partial charge on any atom is 0.115 e. The highest BCUT2D eigenvalue weighted by Gasteiger charge is 2.25. The van der Waals surface area contributed by atoms with Crippen LogP contribution in [0.1, 0.15) is 0 Å². The highest BCUT2D eigenvalue weighted by molar-refractivity contribution is 6.69. The van der Waals surface area contributed by atoms with E-state index in [1.165, 1.54) is 0 Å². The third-order valence-electron chi connectivity index (χ3n) is 12.5. The van der Waals surface area contributed by atoms with Gasteiger partial charge in [0.25, 0.3) is 0 Å². The van der Waals surface area contributed by atoms with Crippen molar-refractivity contribution in [1.29, 1.82) is 0 Å². The van der Waals surface area contributed by atoms with Crippen LogP contribution in [0.4, 0.5) is 0 Å². The number of hydrogen-bond donors (Lipinski definition) is 0. The summed E-state index contributed by atoms with van der Waals surface area (Å²) in [6.45, 7) is 0. The van der Waals surface area contributed by atoms with E-state index in [4.69, 9.17) is 54.9 Å². The first-order valence-electron chi connectivity index (χ1n) is 20.7. The largest absolute Gasteiger partial charge is 0.311 e. The Morgan fingerprint density at radius 2 is 0.794 bits per heavy atom. The summed E-state index contributed by atoms with van der Waals surface area (Å²) in [5, 5.41) is 3.24. The van der Waals surface area contributed by atoms with Gasteiger partial charge in [0.15, 0.2) is 0 Å².